The molecule has 0 atom stereocenters. The Kier molecular flexibility index (Phi) is 4.93. The van der Waals surface area contributed by atoms with Gasteiger partial charge >= 0.3 is 0 Å². The van der Waals surface area contributed by atoms with Gasteiger partial charge in [-0.1, -0.05) is 30.9 Å². The van der Waals surface area contributed by atoms with E-state index in [-0.39, 0.29) is 16.6 Å². The zero-order valence-electron chi connectivity index (χ0n) is 14.0. The SMILES string of the molecule is CC1=C(C)C(=O)C(N2CCN(C3CCCCC3)CC2)=C(Cl)C1=O. The summed E-state index contributed by atoms with van der Waals surface area (Å²) in [7, 11) is 0. The van der Waals surface area contributed by atoms with Crippen LogP contribution in [-0.2, 0) is 9.59 Å². The summed E-state index contributed by atoms with van der Waals surface area (Å²) in [5.41, 5.74) is 1.43. The molecule has 4 nitrogen and oxygen atoms in total. The van der Waals surface area contributed by atoms with Crippen molar-refractivity contribution in [2.75, 3.05) is 26.2 Å². The maximum absolute atomic E-state index is 12.6. The largest absolute Gasteiger partial charge is 0.364 e. The number of rotatable bonds is 2. The summed E-state index contributed by atoms with van der Waals surface area (Å²) in [6.07, 6.45) is 6.61. The van der Waals surface area contributed by atoms with E-state index in [1.54, 1.807) is 13.8 Å². The van der Waals surface area contributed by atoms with Crippen LogP contribution in [0.4, 0.5) is 0 Å². The third-order valence-electron chi connectivity index (χ3n) is 5.59. The highest BCUT2D eigenvalue weighted by molar-refractivity contribution is 6.49. The Morgan fingerprint density at radius 2 is 1.43 bits per heavy atom. The molecule has 5 heteroatoms. The van der Waals surface area contributed by atoms with Crippen LogP contribution in [-0.4, -0.2) is 53.6 Å². The molecule has 0 aromatic rings. The van der Waals surface area contributed by atoms with E-state index in [0.717, 1.165) is 26.2 Å². The van der Waals surface area contributed by atoms with E-state index in [2.05, 4.69) is 4.90 Å². The van der Waals surface area contributed by atoms with Crippen molar-refractivity contribution < 1.29 is 9.59 Å². The molecule has 126 valence electrons. The van der Waals surface area contributed by atoms with Crippen molar-refractivity contribution in [3.05, 3.63) is 21.9 Å². The third kappa shape index (κ3) is 3.11. The first-order valence-corrected chi connectivity index (χ1v) is 9.04. The molecule has 1 aliphatic heterocycles. The van der Waals surface area contributed by atoms with Crippen LogP contribution in [0.5, 0.6) is 0 Å². The fourth-order valence-corrected chi connectivity index (χ4v) is 4.28. The predicted octanol–water partition coefficient (Wildman–Crippen LogP) is 2.88. The number of piperazine rings is 1. The van der Waals surface area contributed by atoms with E-state index in [1.165, 1.54) is 32.1 Å². The molecule has 3 rings (SSSR count). The Bertz CT molecular complexity index is 580. The van der Waals surface area contributed by atoms with Crippen LogP contribution in [0.25, 0.3) is 0 Å². The molecule has 23 heavy (non-hydrogen) atoms. The maximum atomic E-state index is 12.6. The van der Waals surface area contributed by atoms with E-state index >= 15 is 0 Å². The molecule has 3 aliphatic rings. The van der Waals surface area contributed by atoms with Crippen LogP contribution in [0.3, 0.4) is 0 Å². The first kappa shape index (κ1) is 16.7. The Balaban J connectivity index is 1.70. The molecule has 0 unspecified atom stereocenters. The third-order valence-corrected chi connectivity index (χ3v) is 5.94. The number of hydrogen-bond donors (Lipinski definition) is 0. The van der Waals surface area contributed by atoms with Gasteiger partial charge in [0.05, 0.1) is 0 Å². The molecule has 1 heterocycles. The van der Waals surface area contributed by atoms with E-state index in [4.69, 9.17) is 11.6 Å². The second kappa shape index (κ2) is 6.78. The van der Waals surface area contributed by atoms with Crippen molar-refractivity contribution in [3.8, 4) is 0 Å². The molecule has 0 radical (unpaired) electrons. The first-order chi connectivity index (χ1) is 11.0. The Morgan fingerprint density at radius 3 is 2.04 bits per heavy atom. The summed E-state index contributed by atoms with van der Waals surface area (Å²) in [5.74, 6) is -0.285. The van der Waals surface area contributed by atoms with Crippen LogP contribution in [0, 0.1) is 0 Å². The lowest BCUT2D eigenvalue weighted by Crippen LogP contribution is -2.51. The van der Waals surface area contributed by atoms with Gasteiger partial charge in [0.2, 0.25) is 11.6 Å². The molecule has 0 N–H and O–H groups in total. The van der Waals surface area contributed by atoms with Crippen molar-refractivity contribution in [3.63, 3.8) is 0 Å². The molecule has 2 fully saturated rings. The number of Topliss-reactive ketones (excluding diaryl/α,β-unsaturated/α-hetero) is 2. The van der Waals surface area contributed by atoms with Crippen LogP contribution in [0.15, 0.2) is 21.9 Å². The van der Waals surface area contributed by atoms with Gasteiger partial charge in [-0.15, -0.1) is 0 Å². The standard InChI is InChI=1S/C18H25ClN2O2/c1-12-13(2)18(23)16(15(19)17(12)22)21-10-8-20(9-11-21)14-6-4-3-5-7-14/h14H,3-11H2,1-2H3. The second-order valence-corrected chi connectivity index (χ2v) is 7.26. The lowest BCUT2D eigenvalue weighted by atomic mass is 9.92. The van der Waals surface area contributed by atoms with Crippen LogP contribution < -0.4 is 0 Å². The van der Waals surface area contributed by atoms with Crippen LogP contribution in [0.2, 0.25) is 0 Å². The number of ketones is 2. The monoisotopic (exact) mass is 336 g/mol. The van der Waals surface area contributed by atoms with Gasteiger partial charge < -0.3 is 4.90 Å². The Hall–Kier alpha value is -1.13. The van der Waals surface area contributed by atoms with E-state index in [9.17, 15) is 9.59 Å². The predicted molar refractivity (Wildman–Crippen MR) is 91.3 cm³/mol. The molecule has 0 amide bonds. The number of hydrogen-bond acceptors (Lipinski definition) is 4. The summed E-state index contributed by atoms with van der Waals surface area (Å²) < 4.78 is 0. The fourth-order valence-electron chi connectivity index (χ4n) is 3.93. The molecule has 0 aromatic heterocycles. The van der Waals surface area contributed by atoms with Crippen molar-refractivity contribution in [2.45, 2.75) is 52.0 Å². The number of carbonyl (C=O) groups is 2. The van der Waals surface area contributed by atoms with Crippen molar-refractivity contribution in [1.82, 2.24) is 9.80 Å². The first-order valence-electron chi connectivity index (χ1n) is 8.66. The normalized spacial score (nSPS) is 25.6. The second-order valence-electron chi connectivity index (χ2n) is 6.89. The Morgan fingerprint density at radius 1 is 0.870 bits per heavy atom. The van der Waals surface area contributed by atoms with Gasteiger partial charge in [0, 0.05) is 43.4 Å². The van der Waals surface area contributed by atoms with Gasteiger partial charge in [0.1, 0.15) is 10.7 Å². The minimum Gasteiger partial charge on any atom is -0.364 e. The van der Waals surface area contributed by atoms with Crippen molar-refractivity contribution in [1.29, 1.82) is 0 Å². The number of allylic oxidation sites excluding steroid dienone is 3. The van der Waals surface area contributed by atoms with Crippen LogP contribution in [0.1, 0.15) is 46.0 Å². The summed E-state index contributed by atoms with van der Waals surface area (Å²) >= 11 is 6.23. The van der Waals surface area contributed by atoms with E-state index in [0.29, 0.717) is 22.9 Å². The molecular weight excluding hydrogens is 312 g/mol. The van der Waals surface area contributed by atoms with E-state index < -0.39 is 0 Å². The van der Waals surface area contributed by atoms with Gasteiger partial charge in [0.25, 0.3) is 0 Å². The van der Waals surface area contributed by atoms with Gasteiger partial charge in [-0.3, -0.25) is 14.5 Å². The zero-order valence-corrected chi connectivity index (χ0v) is 14.8. The molecule has 0 aromatic carbocycles. The number of nitrogens with zero attached hydrogens (tertiary/aromatic N) is 2. The number of halogens is 1. The highest BCUT2D eigenvalue weighted by atomic mass is 35.5. The highest BCUT2D eigenvalue weighted by Crippen LogP contribution is 2.30. The lowest BCUT2D eigenvalue weighted by molar-refractivity contribution is -0.117. The average Bonchev–Trinajstić information content (AvgIpc) is 2.60. The molecule has 0 spiro atoms. The van der Waals surface area contributed by atoms with E-state index in [1.807, 2.05) is 4.90 Å². The fraction of sp³-hybridized carbons (Fsp3) is 0.667. The quantitative estimate of drug-likeness (QED) is 0.727. The highest BCUT2D eigenvalue weighted by Gasteiger charge is 2.35. The molecular formula is C18H25ClN2O2. The summed E-state index contributed by atoms with van der Waals surface area (Å²) in [4.78, 5) is 29.3. The number of carbonyl (C=O) groups excluding carboxylic acids is 2. The summed E-state index contributed by atoms with van der Waals surface area (Å²) in [5, 5.41) is 0.101. The van der Waals surface area contributed by atoms with Crippen molar-refractivity contribution in [2.24, 2.45) is 0 Å². The van der Waals surface area contributed by atoms with Gasteiger partial charge in [0.15, 0.2) is 0 Å². The zero-order chi connectivity index (χ0) is 16.6. The lowest BCUT2D eigenvalue weighted by Gasteiger charge is -2.42. The summed E-state index contributed by atoms with van der Waals surface area (Å²) in [6.45, 7) is 6.83. The molecule has 1 saturated carbocycles. The van der Waals surface area contributed by atoms with Gasteiger partial charge in [-0.2, -0.15) is 0 Å². The van der Waals surface area contributed by atoms with Gasteiger partial charge in [-0.25, -0.2) is 0 Å². The minimum absolute atomic E-state index is 0.0850. The molecule has 1 saturated heterocycles. The average molecular weight is 337 g/mol. The molecule has 2 aliphatic carbocycles. The minimum atomic E-state index is -0.200. The topological polar surface area (TPSA) is 40.6 Å². The molecule has 0 bridgehead atoms. The Labute approximate surface area is 143 Å². The maximum Gasteiger partial charge on any atom is 0.206 e. The smallest absolute Gasteiger partial charge is 0.206 e. The van der Waals surface area contributed by atoms with Gasteiger partial charge in [-0.05, 0) is 26.7 Å². The van der Waals surface area contributed by atoms with Crippen molar-refractivity contribution >= 4 is 23.2 Å². The van der Waals surface area contributed by atoms with Crippen LogP contribution >= 0.6 is 11.6 Å². The summed E-state index contributed by atoms with van der Waals surface area (Å²) in [6, 6.07) is 0.697.